The fourth-order valence-electron chi connectivity index (χ4n) is 1.20. The van der Waals surface area contributed by atoms with Gasteiger partial charge in [0, 0.05) is 18.6 Å². The van der Waals surface area contributed by atoms with E-state index < -0.39 is 5.82 Å². The zero-order chi connectivity index (χ0) is 10.4. The zero-order valence-corrected chi connectivity index (χ0v) is 7.87. The van der Waals surface area contributed by atoms with Crippen LogP contribution in [-0.4, -0.2) is 17.5 Å². The van der Waals surface area contributed by atoms with E-state index in [9.17, 15) is 9.18 Å². The van der Waals surface area contributed by atoms with Crippen LogP contribution in [0.3, 0.4) is 0 Å². The van der Waals surface area contributed by atoms with E-state index >= 15 is 0 Å². The molecule has 1 rings (SSSR count). The maximum Gasteiger partial charge on any atom is 0.162 e. The van der Waals surface area contributed by atoms with Gasteiger partial charge in [0.15, 0.2) is 5.78 Å². The first kappa shape index (κ1) is 10.9. The Kier molecular flexibility index (Phi) is 4.26. The van der Waals surface area contributed by atoms with E-state index in [0.29, 0.717) is 24.8 Å². The number of halogens is 1. The Morgan fingerprint density at radius 2 is 2.14 bits per heavy atom. The summed E-state index contributed by atoms with van der Waals surface area (Å²) in [5.41, 5.74) is 0.405. The van der Waals surface area contributed by atoms with Gasteiger partial charge in [0.05, 0.1) is 0 Å². The molecule has 2 nitrogen and oxygen atoms in total. The van der Waals surface area contributed by atoms with Crippen molar-refractivity contribution >= 4 is 5.78 Å². The predicted molar refractivity (Wildman–Crippen MR) is 51.7 cm³/mol. The van der Waals surface area contributed by atoms with Gasteiger partial charge >= 0.3 is 0 Å². The molecule has 0 atom stereocenters. The summed E-state index contributed by atoms with van der Waals surface area (Å²) in [6.45, 7) is 0.0937. The first-order chi connectivity index (χ1) is 6.74. The highest BCUT2D eigenvalue weighted by atomic mass is 19.1. The number of Topliss-reactive ketones (excluding diaryl/α,β-unsaturated/α-hetero) is 1. The largest absolute Gasteiger partial charge is 0.396 e. The molecule has 1 N–H and O–H groups in total. The van der Waals surface area contributed by atoms with Crippen LogP contribution in [0.5, 0.6) is 0 Å². The molecule has 0 fully saturated rings. The molecular formula is C11H13FO2. The van der Waals surface area contributed by atoms with Gasteiger partial charge in [0.25, 0.3) is 0 Å². The lowest BCUT2D eigenvalue weighted by molar-refractivity contribution is 0.0977. The third-order valence-corrected chi connectivity index (χ3v) is 1.96. The average Bonchev–Trinajstić information content (AvgIpc) is 2.18. The second-order valence-electron chi connectivity index (χ2n) is 3.11. The Balaban J connectivity index is 2.52. The van der Waals surface area contributed by atoms with Crippen molar-refractivity contribution in [2.45, 2.75) is 19.3 Å². The number of carbonyl (C=O) groups excluding carboxylic acids is 1. The zero-order valence-electron chi connectivity index (χ0n) is 7.87. The molecule has 0 aliphatic carbocycles. The van der Waals surface area contributed by atoms with Crippen LogP contribution in [0.25, 0.3) is 0 Å². The molecule has 0 aromatic heterocycles. The van der Waals surface area contributed by atoms with Crippen molar-refractivity contribution in [3.63, 3.8) is 0 Å². The van der Waals surface area contributed by atoms with Crippen LogP contribution in [0.15, 0.2) is 24.3 Å². The number of aliphatic hydroxyl groups is 1. The predicted octanol–water partition coefficient (Wildman–Crippen LogP) is 2.17. The van der Waals surface area contributed by atoms with Gasteiger partial charge in [0.2, 0.25) is 0 Å². The van der Waals surface area contributed by atoms with E-state index in [4.69, 9.17) is 5.11 Å². The number of hydrogen-bond donors (Lipinski definition) is 1. The molecule has 3 heteroatoms. The first-order valence-electron chi connectivity index (χ1n) is 4.63. The van der Waals surface area contributed by atoms with Crippen molar-refractivity contribution in [3.8, 4) is 0 Å². The number of rotatable bonds is 5. The van der Waals surface area contributed by atoms with E-state index in [2.05, 4.69) is 0 Å². The van der Waals surface area contributed by atoms with Gasteiger partial charge in [-0.1, -0.05) is 12.1 Å². The Morgan fingerprint density at radius 1 is 1.36 bits per heavy atom. The maximum atomic E-state index is 12.7. The SMILES string of the molecule is O=C(CCCCO)c1cccc(F)c1. The molecule has 0 unspecified atom stereocenters. The lowest BCUT2D eigenvalue weighted by atomic mass is 10.1. The Hall–Kier alpha value is -1.22. The van der Waals surface area contributed by atoms with Crippen molar-refractivity contribution in [2.75, 3.05) is 6.61 Å². The molecule has 1 aromatic carbocycles. The van der Waals surface area contributed by atoms with Crippen LogP contribution in [0, 0.1) is 5.82 Å². The molecule has 0 bridgehead atoms. The lowest BCUT2D eigenvalue weighted by Crippen LogP contribution is -1.99. The number of aliphatic hydroxyl groups excluding tert-OH is 1. The van der Waals surface area contributed by atoms with E-state index in [-0.39, 0.29) is 12.4 Å². The van der Waals surface area contributed by atoms with Crippen LogP contribution in [0.4, 0.5) is 4.39 Å². The molecule has 76 valence electrons. The van der Waals surface area contributed by atoms with Gasteiger partial charge < -0.3 is 5.11 Å². The Labute approximate surface area is 82.4 Å². The smallest absolute Gasteiger partial charge is 0.162 e. The number of hydrogen-bond acceptors (Lipinski definition) is 2. The lowest BCUT2D eigenvalue weighted by Gasteiger charge is -1.99. The highest BCUT2D eigenvalue weighted by Gasteiger charge is 2.05. The highest BCUT2D eigenvalue weighted by molar-refractivity contribution is 5.95. The van der Waals surface area contributed by atoms with Gasteiger partial charge in [0.1, 0.15) is 5.82 Å². The summed E-state index contributed by atoms with van der Waals surface area (Å²) in [6.07, 6.45) is 1.62. The Morgan fingerprint density at radius 3 is 2.79 bits per heavy atom. The van der Waals surface area contributed by atoms with Crippen LogP contribution in [0.2, 0.25) is 0 Å². The summed E-state index contributed by atoms with van der Waals surface area (Å²) in [6, 6.07) is 5.67. The quantitative estimate of drug-likeness (QED) is 0.579. The van der Waals surface area contributed by atoms with Gasteiger partial charge in [-0.3, -0.25) is 4.79 Å². The number of unbranched alkanes of at least 4 members (excludes halogenated alkanes) is 1. The van der Waals surface area contributed by atoms with Gasteiger partial charge in [-0.05, 0) is 25.0 Å². The number of benzene rings is 1. The second-order valence-corrected chi connectivity index (χ2v) is 3.11. The van der Waals surface area contributed by atoms with Crippen LogP contribution in [0.1, 0.15) is 29.6 Å². The molecule has 0 radical (unpaired) electrons. The molecular weight excluding hydrogens is 183 g/mol. The Bertz CT molecular complexity index is 310. The van der Waals surface area contributed by atoms with Gasteiger partial charge in [-0.2, -0.15) is 0 Å². The summed E-state index contributed by atoms with van der Waals surface area (Å²) < 4.78 is 12.7. The molecule has 0 saturated heterocycles. The highest BCUT2D eigenvalue weighted by Crippen LogP contribution is 2.08. The summed E-state index contributed by atoms with van der Waals surface area (Å²) in [4.78, 5) is 11.4. The molecule has 0 saturated carbocycles. The fraction of sp³-hybridized carbons (Fsp3) is 0.364. The van der Waals surface area contributed by atoms with Crippen molar-refractivity contribution in [1.29, 1.82) is 0 Å². The maximum absolute atomic E-state index is 12.7. The van der Waals surface area contributed by atoms with Gasteiger partial charge in [-0.25, -0.2) is 4.39 Å². The monoisotopic (exact) mass is 196 g/mol. The van der Waals surface area contributed by atoms with Crippen molar-refractivity contribution in [3.05, 3.63) is 35.6 Å². The third kappa shape index (κ3) is 3.26. The molecule has 1 aromatic rings. The summed E-state index contributed by atoms with van der Waals surface area (Å²) in [5, 5.41) is 8.52. The minimum absolute atomic E-state index is 0.0713. The summed E-state index contributed by atoms with van der Waals surface area (Å²) >= 11 is 0. The second kappa shape index (κ2) is 5.50. The molecule has 0 aliphatic heterocycles. The van der Waals surface area contributed by atoms with E-state index in [1.165, 1.54) is 18.2 Å². The normalized spacial score (nSPS) is 10.1. The van der Waals surface area contributed by atoms with Crippen LogP contribution in [-0.2, 0) is 0 Å². The molecule has 14 heavy (non-hydrogen) atoms. The van der Waals surface area contributed by atoms with E-state index in [1.54, 1.807) is 6.07 Å². The van der Waals surface area contributed by atoms with Crippen molar-refractivity contribution in [1.82, 2.24) is 0 Å². The van der Waals surface area contributed by atoms with Crippen LogP contribution >= 0.6 is 0 Å². The molecule has 0 heterocycles. The molecule has 0 spiro atoms. The average molecular weight is 196 g/mol. The van der Waals surface area contributed by atoms with E-state index in [0.717, 1.165) is 0 Å². The molecule has 0 aliphatic rings. The number of carbonyl (C=O) groups is 1. The van der Waals surface area contributed by atoms with Crippen molar-refractivity contribution < 1.29 is 14.3 Å². The summed E-state index contributed by atoms with van der Waals surface area (Å²) in [5.74, 6) is -0.462. The topological polar surface area (TPSA) is 37.3 Å². The fourth-order valence-corrected chi connectivity index (χ4v) is 1.20. The minimum Gasteiger partial charge on any atom is -0.396 e. The standard InChI is InChI=1S/C11H13FO2/c12-10-5-3-4-9(8-10)11(14)6-1-2-7-13/h3-5,8,13H,1-2,6-7H2. The van der Waals surface area contributed by atoms with Crippen molar-refractivity contribution in [2.24, 2.45) is 0 Å². The number of ketones is 1. The third-order valence-electron chi connectivity index (χ3n) is 1.96. The first-order valence-corrected chi connectivity index (χ1v) is 4.63. The van der Waals surface area contributed by atoms with E-state index in [1.807, 2.05) is 0 Å². The van der Waals surface area contributed by atoms with Gasteiger partial charge in [-0.15, -0.1) is 0 Å². The van der Waals surface area contributed by atoms with Crippen LogP contribution < -0.4 is 0 Å². The molecule has 0 amide bonds. The minimum atomic E-state index is -0.391. The summed E-state index contributed by atoms with van der Waals surface area (Å²) in [7, 11) is 0.